The van der Waals surface area contributed by atoms with Crippen LogP contribution in [0.1, 0.15) is 16.7 Å². The highest BCUT2D eigenvalue weighted by molar-refractivity contribution is 6.42. The molecular formula is C25H21Cl2N3O2. The molecule has 0 aliphatic heterocycles. The third-order valence-electron chi connectivity index (χ3n) is 5.07. The Balaban J connectivity index is 1.48. The lowest BCUT2D eigenvalue weighted by Gasteiger charge is -2.06. The van der Waals surface area contributed by atoms with Crippen molar-refractivity contribution in [2.24, 2.45) is 5.10 Å². The highest BCUT2D eigenvalue weighted by Gasteiger charge is 2.09. The molecule has 0 spiro atoms. The van der Waals surface area contributed by atoms with Crippen LogP contribution < -0.4 is 10.2 Å². The molecule has 1 heterocycles. The van der Waals surface area contributed by atoms with E-state index < -0.39 is 0 Å². The van der Waals surface area contributed by atoms with Crippen molar-refractivity contribution in [1.82, 2.24) is 9.99 Å². The summed E-state index contributed by atoms with van der Waals surface area (Å²) in [6, 6.07) is 21.0. The van der Waals surface area contributed by atoms with Gasteiger partial charge in [0.25, 0.3) is 0 Å². The summed E-state index contributed by atoms with van der Waals surface area (Å²) >= 11 is 12.2. The van der Waals surface area contributed by atoms with Crippen LogP contribution in [-0.2, 0) is 17.8 Å². The minimum Gasteiger partial charge on any atom is -0.497 e. The number of hydrazone groups is 1. The number of nitrogens with one attached hydrogen (secondary N) is 1. The van der Waals surface area contributed by atoms with Gasteiger partial charge in [-0.2, -0.15) is 5.10 Å². The summed E-state index contributed by atoms with van der Waals surface area (Å²) in [4.78, 5) is 12.2. The fraction of sp³-hybridized carbons (Fsp3) is 0.120. The first kappa shape index (κ1) is 21.9. The van der Waals surface area contributed by atoms with Crippen molar-refractivity contribution >= 4 is 46.2 Å². The summed E-state index contributed by atoms with van der Waals surface area (Å²) < 4.78 is 7.26. The molecule has 1 N–H and O–H groups in total. The summed E-state index contributed by atoms with van der Waals surface area (Å²) in [5.74, 6) is 0.565. The van der Waals surface area contributed by atoms with Gasteiger partial charge in [-0.05, 0) is 41.5 Å². The van der Waals surface area contributed by atoms with Gasteiger partial charge in [0.05, 0.1) is 29.8 Å². The number of methoxy groups -OCH3 is 1. The predicted octanol–water partition coefficient (Wildman–Crippen LogP) is 5.70. The molecule has 0 aliphatic rings. The Hall–Kier alpha value is -3.28. The second kappa shape index (κ2) is 9.90. The van der Waals surface area contributed by atoms with E-state index in [1.807, 2.05) is 66.9 Å². The van der Waals surface area contributed by atoms with Gasteiger partial charge in [0.15, 0.2) is 0 Å². The van der Waals surface area contributed by atoms with E-state index >= 15 is 0 Å². The summed E-state index contributed by atoms with van der Waals surface area (Å²) in [5, 5.41) is 6.27. The topological polar surface area (TPSA) is 55.6 Å². The first-order valence-electron chi connectivity index (χ1n) is 10.00. The number of rotatable bonds is 7. The molecule has 32 heavy (non-hydrogen) atoms. The minimum absolute atomic E-state index is 0.189. The first-order valence-corrected chi connectivity index (χ1v) is 10.8. The van der Waals surface area contributed by atoms with Crippen molar-refractivity contribution in [2.45, 2.75) is 13.0 Å². The Kier molecular flexibility index (Phi) is 6.78. The average molecular weight is 466 g/mol. The highest BCUT2D eigenvalue weighted by atomic mass is 35.5. The van der Waals surface area contributed by atoms with Crippen molar-refractivity contribution in [2.75, 3.05) is 7.11 Å². The number of amides is 1. The number of para-hydroxylation sites is 1. The van der Waals surface area contributed by atoms with Gasteiger partial charge in [-0.25, -0.2) is 5.43 Å². The number of aromatic nitrogens is 1. The fourth-order valence-electron chi connectivity index (χ4n) is 3.49. The van der Waals surface area contributed by atoms with Crippen LogP contribution in [0.5, 0.6) is 5.75 Å². The molecule has 4 aromatic rings. The highest BCUT2D eigenvalue weighted by Crippen LogP contribution is 2.25. The van der Waals surface area contributed by atoms with Gasteiger partial charge in [-0.3, -0.25) is 4.79 Å². The predicted molar refractivity (Wildman–Crippen MR) is 130 cm³/mol. The Morgan fingerprint density at radius 2 is 1.78 bits per heavy atom. The molecule has 1 amide bonds. The van der Waals surface area contributed by atoms with E-state index in [1.165, 1.54) is 0 Å². The van der Waals surface area contributed by atoms with Crippen LogP contribution in [0.15, 0.2) is 78.0 Å². The smallest absolute Gasteiger partial charge is 0.244 e. The van der Waals surface area contributed by atoms with Gasteiger partial charge in [0.2, 0.25) is 5.91 Å². The van der Waals surface area contributed by atoms with E-state index in [-0.39, 0.29) is 12.3 Å². The maximum absolute atomic E-state index is 12.2. The van der Waals surface area contributed by atoms with Crippen molar-refractivity contribution in [3.05, 3.63) is 99.7 Å². The fourth-order valence-corrected chi connectivity index (χ4v) is 3.81. The molecule has 4 rings (SSSR count). The standard InChI is InChI=1S/C25H21Cl2N3O2/c1-32-20-9-6-17(7-10-20)13-25(31)29-28-14-19-16-30(24-5-3-2-4-21(19)24)15-18-8-11-22(26)23(27)12-18/h2-12,14,16H,13,15H2,1H3,(H,29,31)/b28-14+. The maximum atomic E-state index is 12.2. The van der Waals surface area contributed by atoms with Crippen molar-refractivity contribution in [1.29, 1.82) is 0 Å². The second-order valence-corrected chi connectivity index (χ2v) is 8.11. The van der Waals surface area contributed by atoms with E-state index in [0.717, 1.165) is 33.3 Å². The molecule has 162 valence electrons. The van der Waals surface area contributed by atoms with Crippen molar-refractivity contribution in [3.63, 3.8) is 0 Å². The van der Waals surface area contributed by atoms with Crippen LogP contribution in [0.4, 0.5) is 0 Å². The monoisotopic (exact) mass is 465 g/mol. The Labute approximate surface area is 196 Å². The molecular weight excluding hydrogens is 445 g/mol. The number of nitrogens with zero attached hydrogens (tertiary/aromatic N) is 2. The van der Waals surface area contributed by atoms with E-state index in [1.54, 1.807) is 19.4 Å². The number of carbonyl (C=O) groups excluding carboxylic acids is 1. The number of fused-ring (bicyclic) bond motifs is 1. The van der Waals surface area contributed by atoms with Gasteiger partial charge in [-0.1, -0.05) is 59.6 Å². The molecule has 0 atom stereocenters. The normalized spacial score (nSPS) is 11.2. The molecule has 0 radical (unpaired) electrons. The van der Waals surface area contributed by atoms with Gasteiger partial charge in [0.1, 0.15) is 5.75 Å². The zero-order chi connectivity index (χ0) is 22.5. The molecule has 7 heteroatoms. The SMILES string of the molecule is COc1ccc(CC(=O)N/N=C/c2cn(Cc3ccc(Cl)c(Cl)c3)c3ccccc23)cc1. The maximum Gasteiger partial charge on any atom is 0.244 e. The van der Waals surface area contributed by atoms with Gasteiger partial charge < -0.3 is 9.30 Å². The van der Waals surface area contributed by atoms with Crippen LogP contribution in [0.25, 0.3) is 10.9 Å². The number of carbonyl (C=O) groups is 1. The van der Waals surface area contributed by atoms with Gasteiger partial charge in [-0.15, -0.1) is 0 Å². The van der Waals surface area contributed by atoms with E-state index in [4.69, 9.17) is 27.9 Å². The number of hydrogen-bond donors (Lipinski definition) is 1. The number of ether oxygens (including phenoxy) is 1. The lowest BCUT2D eigenvalue weighted by Crippen LogP contribution is -2.19. The third-order valence-corrected chi connectivity index (χ3v) is 5.81. The lowest BCUT2D eigenvalue weighted by molar-refractivity contribution is -0.120. The molecule has 0 saturated heterocycles. The molecule has 0 aliphatic carbocycles. The summed E-state index contributed by atoms with van der Waals surface area (Å²) in [7, 11) is 1.61. The van der Waals surface area contributed by atoms with Crippen LogP contribution in [-0.4, -0.2) is 23.8 Å². The summed E-state index contributed by atoms with van der Waals surface area (Å²) in [6.07, 6.45) is 3.91. The Morgan fingerprint density at radius 3 is 2.53 bits per heavy atom. The molecule has 0 unspecified atom stereocenters. The molecule has 0 fully saturated rings. The van der Waals surface area contributed by atoms with Crippen LogP contribution in [0.2, 0.25) is 10.0 Å². The van der Waals surface area contributed by atoms with E-state index in [2.05, 4.69) is 15.1 Å². The average Bonchev–Trinajstić information content (AvgIpc) is 3.14. The quantitative estimate of drug-likeness (QED) is 0.281. The second-order valence-electron chi connectivity index (χ2n) is 7.30. The summed E-state index contributed by atoms with van der Waals surface area (Å²) in [6.45, 7) is 0.634. The zero-order valence-corrected chi connectivity index (χ0v) is 18.9. The zero-order valence-electron chi connectivity index (χ0n) is 17.4. The van der Waals surface area contributed by atoms with Crippen LogP contribution >= 0.6 is 23.2 Å². The number of hydrogen-bond acceptors (Lipinski definition) is 3. The Bertz CT molecular complexity index is 1280. The Morgan fingerprint density at radius 1 is 1.03 bits per heavy atom. The molecule has 0 saturated carbocycles. The lowest BCUT2D eigenvalue weighted by atomic mass is 10.1. The first-order chi connectivity index (χ1) is 15.5. The number of benzene rings is 3. The van der Waals surface area contributed by atoms with Gasteiger partial charge >= 0.3 is 0 Å². The van der Waals surface area contributed by atoms with Crippen molar-refractivity contribution < 1.29 is 9.53 Å². The third kappa shape index (κ3) is 5.13. The van der Waals surface area contributed by atoms with Gasteiger partial charge in [0, 0.05) is 29.2 Å². The van der Waals surface area contributed by atoms with Crippen molar-refractivity contribution in [3.8, 4) is 5.75 Å². The molecule has 1 aromatic heterocycles. The summed E-state index contributed by atoms with van der Waals surface area (Å²) in [5.41, 5.74) is 6.50. The molecule has 3 aromatic carbocycles. The molecule has 5 nitrogen and oxygen atoms in total. The van der Waals surface area contributed by atoms with E-state index in [9.17, 15) is 4.79 Å². The van der Waals surface area contributed by atoms with Crippen LogP contribution in [0.3, 0.4) is 0 Å². The van der Waals surface area contributed by atoms with Crippen LogP contribution in [0, 0.1) is 0 Å². The minimum atomic E-state index is -0.189. The van der Waals surface area contributed by atoms with E-state index in [0.29, 0.717) is 16.6 Å². The molecule has 0 bridgehead atoms. The largest absolute Gasteiger partial charge is 0.497 e. The number of halogens is 2.